The molecule has 1 saturated carbocycles. The van der Waals surface area contributed by atoms with E-state index in [1.165, 1.54) is 6.20 Å². The van der Waals surface area contributed by atoms with Gasteiger partial charge in [0, 0.05) is 6.04 Å². The number of nitrogens with zero attached hydrogens (tertiary/aromatic N) is 2. The van der Waals surface area contributed by atoms with E-state index in [4.69, 9.17) is 5.11 Å². The first kappa shape index (κ1) is 16.2. The number of carbonyl (C=O) groups is 2. The minimum atomic E-state index is -0.767. The van der Waals surface area contributed by atoms with E-state index in [1.54, 1.807) is 13.0 Å². The Morgan fingerprint density at radius 3 is 2.68 bits per heavy atom. The molecule has 0 spiro atoms. The molecule has 0 radical (unpaired) electrons. The molecule has 1 aromatic rings. The highest BCUT2D eigenvalue weighted by atomic mass is 16.4. The largest absolute Gasteiger partial charge is 0.481 e. The predicted molar refractivity (Wildman–Crippen MR) is 81.4 cm³/mol. The zero-order valence-electron chi connectivity index (χ0n) is 13.3. The normalized spacial score (nSPS) is 24.0. The average Bonchev–Trinajstić information content (AvgIpc) is 2.39. The van der Waals surface area contributed by atoms with Gasteiger partial charge in [-0.15, -0.1) is 0 Å². The van der Waals surface area contributed by atoms with Crippen LogP contribution >= 0.6 is 0 Å². The number of aromatic nitrogens is 2. The molecule has 7 heteroatoms. The number of amides is 2. The van der Waals surface area contributed by atoms with Crippen molar-refractivity contribution in [2.24, 2.45) is 17.3 Å². The summed E-state index contributed by atoms with van der Waals surface area (Å²) in [5.74, 6) is -0.983. The summed E-state index contributed by atoms with van der Waals surface area (Å²) in [6.45, 7) is 7.54. The predicted octanol–water partition coefficient (Wildman–Crippen LogP) is 2.04. The van der Waals surface area contributed by atoms with Crippen LogP contribution < -0.4 is 10.6 Å². The lowest BCUT2D eigenvalue weighted by atomic mass is 9.53. The van der Waals surface area contributed by atoms with Gasteiger partial charge in [-0.1, -0.05) is 13.8 Å². The first-order chi connectivity index (χ1) is 10.2. The quantitative estimate of drug-likeness (QED) is 0.789. The van der Waals surface area contributed by atoms with Gasteiger partial charge in [-0.2, -0.15) is 10.2 Å². The number of nitrogens with one attached hydrogen (secondary N) is 2. The van der Waals surface area contributed by atoms with E-state index in [1.807, 2.05) is 20.8 Å². The van der Waals surface area contributed by atoms with Crippen LogP contribution in [0.3, 0.4) is 0 Å². The van der Waals surface area contributed by atoms with Crippen LogP contribution in [0.5, 0.6) is 0 Å². The molecule has 2 rings (SSSR count). The summed E-state index contributed by atoms with van der Waals surface area (Å²) in [6, 6.07) is 1.25. The summed E-state index contributed by atoms with van der Waals surface area (Å²) in [4.78, 5) is 23.2. The van der Waals surface area contributed by atoms with Crippen molar-refractivity contribution in [3.63, 3.8) is 0 Å². The number of carboxylic acids is 1. The zero-order valence-corrected chi connectivity index (χ0v) is 13.3. The van der Waals surface area contributed by atoms with Crippen molar-refractivity contribution in [3.8, 4) is 0 Å². The first-order valence-corrected chi connectivity index (χ1v) is 7.32. The topological polar surface area (TPSA) is 104 Å². The fourth-order valence-corrected chi connectivity index (χ4v) is 3.23. The maximum Gasteiger partial charge on any atom is 0.319 e. The van der Waals surface area contributed by atoms with Gasteiger partial charge in [-0.05, 0) is 37.7 Å². The number of carboxylic acid groups (broad SMARTS) is 1. The maximum atomic E-state index is 12.1. The van der Waals surface area contributed by atoms with E-state index in [2.05, 4.69) is 20.8 Å². The molecule has 7 nitrogen and oxygen atoms in total. The monoisotopic (exact) mass is 306 g/mol. The van der Waals surface area contributed by atoms with Gasteiger partial charge >= 0.3 is 12.0 Å². The standard InChI is InChI=1S/C15H22N4O3/c1-8(10-7-11(13(20)21)15(10,3)4)17-14(22)18-12-5-6-16-19-9(12)2/h5-6,8,10-11H,7H2,1-4H3,(H,20,21)(H2,16,17,18,22)/t8?,10-,11+/m0/s1. The molecule has 1 unspecified atom stereocenters. The van der Waals surface area contributed by atoms with Crippen LogP contribution in [0.15, 0.2) is 12.3 Å². The third-order valence-corrected chi connectivity index (χ3v) is 4.76. The van der Waals surface area contributed by atoms with Crippen LogP contribution in [-0.2, 0) is 4.79 Å². The average molecular weight is 306 g/mol. The molecule has 1 fully saturated rings. The Balaban J connectivity index is 1.93. The van der Waals surface area contributed by atoms with Gasteiger partial charge in [0.15, 0.2) is 0 Å². The highest BCUT2D eigenvalue weighted by Gasteiger charge is 2.53. The highest BCUT2D eigenvalue weighted by Crippen LogP contribution is 2.52. The summed E-state index contributed by atoms with van der Waals surface area (Å²) in [6.07, 6.45) is 2.10. The molecule has 0 aromatic carbocycles. The minimum Gasteiger partial charge on any atom is -0.481 e. The molecule has 0 aliphatic heterocycles. The van der Waals surface area contributed by atoms with E-state index < -0.39 is 5.97 Å². The molecule has 1 aliphatic carbocycles. The second-order valence-corrected chi connectivity index (χ2v) is 6.47. The molecule has 3 atom stereocenters. The molecule has 1 aromatic heterocycles. The first-order valence-electron chi connectivity index (χ1n) is 7.32. The molecular formula is C15H22N4O3. The highest BCUT2D eigenvalue weighted by molar-refractivity contribution is 5.89. The Kier molecular flexibility index (Phi) is 4.35. The number of hydrogen-bond donors (Lipinski definition) is 3. The summed E-state index contributed by atoms with van der Waals surface area (Å²) < 4.78 is 0. The second-order valence-electron chi connectivity index (χ2n) is 6.47. The number of carbonyl (C=O) groups excluding carboxylic acids is 1. The van der Waals surface area contributed by atoms with Gasteiger partial charge in [0.2, 0.25) is 0 Å². The Morgan fingerprint density at radius 2 is 2.14 bits per heavy atom. The lowest BCUT2D eigenvalue weighted by Gasteiger charge is -2.52. The van der Waals surface area contributed by atoms with Crippen molar-refractivity contribution in [2.75, 3.05) is 5.32 Å². The van der Waals surface area contributed by atoms with Crippen LogP contribution in [0.4, 0.5) is 10.5 Å². The Bertz CT molecular complexity index is 588. The second kappa shape index (κ2) is 5.90. The van der Waals surface area contributed by atoms with Gasteiger partial charge < -0.3 is 15.7 Å². The van der Waals surface area contributed by atoms with Gasteiger partial charge in [0.1, 0.15) is 0 Å². The van der Waals surface area contributed by atoms with Gasteiger partial charge in [0.05, 0.1) is 23.5 Å². The van der Waals surface area contributed by atoms with Gasteiger partial charge in [-0.25, -0.2) is 4.79 Å². The fraction of sp³-hybridized carbons (Fsp3) is 0.600. The molecule has 3 N–H and O–H groups in total. The number of aryl methyl sites for hydroxylation is 1. The van der Waals surface area contributed by atoms with Crippen molar-refractivity contribution in [1.29, 1.82) is 0 Å². The van der Waals surface area contributed by atoms with E-state index in [-0.39, 0.29) is 29.3 Å². The number of hydrogen-bond acceptors (Lipinski definition) is 4. The molecular weight excluding hydrogens is 284 g/mol. The van der Waals surface area contributed by atoms with E-state index in [0.29, 0.717) is 17.8 Å². The molecule has 120 valence electrons. The molecule has 22 heavy (non-hydrogen) atoms. The van der Waals surface area contributed by atoms with Crippen LogP contribution in [0.1, 0.15) is 32.9 Å². The molecule has 1 heterocycles. The van der Waals surface area contributed by atoms with E-state index in [9.17, 15) is 9.59 Å². The molecule has 0 saturated heterocycles. The van der Waals surface area contributed by atoms with Crippen molar-refractivity contribution in [3.05, 3.63) is 18.0 Å². The number of anilines is 1. The summed E-state index contributed by atoms with van der Waals surface area (Å²) in [5, 5.41) is 22.4. The smallest absolute Gasteiger partial charge is 0.319 e. The summed E-state index contributed by atoms with van der Waals surface area (Å²) >= 11 is 0. The number of aliphatic carboxylic acids is 1. The molecule has 1 aliphatic rings. The minimum absolute atomic E-state index is 0.110. The fourth-order valence-electron chi connectivity index (χ4n) is 3.23. The lowest BCUT2D eigenvalue weighted by Crippen LogP contribution is -2.57. The van der Waals surface area contributed by atoms with E-state index in [0.717, 1.165) is 0 Å². The zero-order chi connectivity index (χ0) is 16.5. The van der Waals surface area contributed by atoms with Crippen LogP contribution in [0, 0.1) is 24.2 Å². The summed E-state index contributed by atoms with van der Waals surface area (Å²) in [7, 11) is 0. The van der Waals surface area contributed by atoms with Crippen LogP contribution in [-0.4, -0.2) is 33.3 Å². The summed E-state index contributed by atoms with van der Waals surface area (Å²) in [5.41, 5.74) is 0.920. The van der Waals surface area contributed by atoms with Crippen molar-refractivity contribution < 1.29 is 14.7 Å². The van der Waals surface area contributed by atoms with Gasteiger partial charge in [-0.3, -0.25) is 4.79 Å². The molecule has 0 bridgehead atoms. The third-order valence-electron chi connectivity index (χ3n) is 4.76. The molecule has 2 amide bonds. The van der Waals surface area contributed by atoms with Crippen LogP contribution in [0.2, 0.25) is 0 Å². The van der Waals surface area contributed by atoms with Crippen LogP contribution in [0.25, 0.3) is 0 Å². The number of urea groups is 1. The third kappa shape index (κ3) is 3.03. The Labute approximate surface area is 129 Å². The number of rotatable bonds is 4. The van der Waals surface area contributed by atoms with Crippen molar-refractivity contribution >= 4 is 17.7 Å². The Hall–Kier alpha value is -2.18. The van der Waals surface area contributed by atoms with Crippen molar-refractivity contribution in [2.45, 2.75) is 40.2 Å². The van der Waals surface area contributed by atoms with Gasteiger partial charge in [0.25, 0.3) is 0 Å². The Morgan fingerprint density at radius 1 is 1.45 bits per heavy atom. The van der Waals surface area contributed by atoms with Crippen molar-refractivity contribution in [1.82, 2.24) is 15.5 Å². The SMILES string of the molecule is Cc1nnccc1NC(=O)NC(C)[C@@H]1C[C@H](C(=O)O)C1(C)C. The van der Waals surface area contributed by atoms with E-state index >= 15 is 0 Å². The maximum absolute atomic E-state index is 12.1. The lowest BCUT2D eigenvalue weighted by molar-refractivity contribution is -0.160.